The monoisotopic (exact) mass is 397 g/mol. The Morgan fingerprint density at radius 3 is 2.68 bits per heavy atom. The first-order valence-corrected chi connectivity index (χ1v) is 8.46. The average Bonchev–Trinajstić information content (AvgIpc) is 2.62. The van der Waals surface area contributed by atoms with Crippen LogP contribution in [0.2, 0.25) is 0 Å². The van der Waals surface area contributed by atoms with Crippen molar-refractivity contribution in [3.05, 3.63) is 76.4 Å². The van der Waals surface area contributed by atoms with E-state index < -0.39 is 0 Å². The van der Waals surface area contributed by atoms with Gasteiger partial charge in [-0.25, -0.2) is 9.97 Å². The fourth-order valence-corrected chi connectivity index (χ4v) is 2.60. The molecule has 6 nitrogen and oxygen atoms in total. The molecule has 0 aliphatic rings. The van der Waals surface area contributed by atoms with E-state index in [0.29, 0.717) is 23.9 Å². The predicted octanol–water partition coefficient (Wildman–Crippen LogP) is 3.62. The summed E-state index contributed by atoms with van der Waals surface area (Å²) in [6.45, 7) is 2.09. The van der Waals surface area contributed by atoms with Gasteiger partial charge in [-0.05, 0) is 47.1 Å². The molecule has 0 bridgehead atoms. The third-order valence-electron chi connectivity index (χ3n) is 3.36. The summed E-state index contributed by atoms with van der Waals surface area (Å²) in [4.78, 5) is 25.1. The summed E-state index contributed by atoms with van der Waals surface area (Å²) in [5.41, 5.74) is 1.95. The number of rotatable bonds is 5. The minimum atomic E-state index is -0.272. The quantitative estimate of drug-likeness (QED) is 0.687. The van der Waals surface area contributed by atoms with Gasteiger partial charge in [0.25, 0.3) is 5.91 Å². The first-order chi connectivity index (χ1) is 12.1. The van der Waals surface area contributed by atoms with Gasteiger partial charge in [0, 0.05) is 16.7 Å². The highest BCUT2D eigenvalue weighted by Gasteiger charge is 2.11. The Balaban J connectivity index is 1.74. The van der Waals surface area contributed by atoms with Crippen molar-refractivity contribution in [2.24, 2.45) is 0 Å². The van der Waals surface area contributed by atoms with E-state index in [9.17, 15) is 4.79 Å². The zero-order valence-corrected chi connectivity index (χ0v) is 15.1. The molecule has 7 heteroatoms. The molecule has 2 heterocycles. The normalized spacial score (nSPS) is 10.3. The maximum Gasteiger partial charge on any atom is 0.270 e. The number of aromatic nitrogens is 3. The summed E-state index contributed by atoms with van der Waals surface area (Å²) in [5.74, 6) is 0.800. The number of amides is 1. The van der Waals surface area contributed by atoms with Gasteiger partial charge < -0.3 is 10.6 Å². The summed E-state index contributed by atoms with van der Waals surface area (Å²) in [7, 11) is 0. The first-order valence-electron chi connectivity index (χ1n) is 7.67. The largest absolute Gasteiger partial charge is 0.345 e. The molecule has 3 aromatic rings. The van der Waals surface area contributed by atoms with Crippen LogP contribution in [0.5, 0.6) is 0 Å². The summed E-state index contributed by atoms with van der Waals surface area (Å²) < 4.78 is 0.910. The summed E-state index contributed by atoms with van der Waals surface area (Å²) in [5, 5.41) is 6.01. The number of carbonyl (C=O) groups excluding carboxylic acids is 1. The first kappa shape index (κ1) is 17.0. The number of nitrogens with zero attached hydrogens (tertiary/aromatic N) is 3. The fraction of sp³-hybridized carbons (Fsp3) is 0.111. The van der Waals surface area contributed by atoms with Crippen molar-refractivity contribution in [2.75, 3.05) is 5.32 Å². The molecular formula is C18H16BrN5O. The van der Waals surface area contributed by atoms with Crippen molar-refractivity contribution in [1.82, 2.24) is 20.3 Å². The molecule has 126 valence electrons. The van der Waals surface area contributed by atoms with Crippen molar-refractivity contribution in [3.63, 3.8) is 0 Å². The van der Waals surface area contributed by atoms with Crippen LogP contribution in [0.15, 0.2) is 59.2 Å². The van der Waals surface area contributed by atoms with Gasteiger partial charge in [0.2, 0.25) is 0 Å². The Bertz CT molecular complexity index is 886. The van der Waals surface area contributed by atoms with Gasteiger partial charge >= 0.3 is 0 Å². The Hall–Kier alpha value is -2.80. The molecule has 0 aliphatic heterocycles. The number of anilines is 2. The van der Waals surface area contributed by atoms with E-state index in [4.69, 9.17) is 0 Å². The van der Waals surface area contributed by atoms with Crippen LogP contribution in [-0.2, 0) is 6.54 Å². The van der Waals surface area contributed by atoms with Gasteiger partial charge in [-0.2, -0.15) is 0 Å². The highest BCUT2D eigenvalue weighted by atomic mass is 79.9. The Kier molecular flexibility index (Phi) is 5.35. The standard InChI is InChI=1S/C18H16BrN5O/c1-12-22-16(18(25)21-11-13-6-4-5-9-20-13)10-17(23-12)24-15-8-3-2-7-14(15)19/h2-10H,11H2,1H3,(H,21,25)(H,22,23,24). The molecule has 1 amide bonds. The third kappa shape index (κ3) is 4.60. The lowest BCUT2D eigenvalue weighted by Gasteiger charge is -2.10. The van der Waals surface area contributed by atoms with Crippen LogP contribution < -0.4 is 10.6 Å². The molecular weight excluding hydrogens is 382 g/mol. The van der Waals surface area contributed by atoms with Crippen LogP contribution in [0.25, 0.3) is 0 Å². The van der Waals surface area contributed by atoms with Crippen molar-refractivity contribution in [1.29, 1.82) is 0 Å². The second-order valence-corrected chi connectivity index (χ2v) is 6.15. The fourth-order valence-electron chi connectivity index (χ4n) is 2.21. The summed E-state index contributed by atoms with van der Waals surface area (Å²) in [6, 6.07) is 14.9. The van der Waals surface area contributed by atoms with Gasteiger partial charge in [-0.1, -0.05) is 18.2 Å². The summed E-state index contributed by atoms with van der Waals surface area (Å²) in [6.07, 6.45) is 1.69. The molecule has 0 radical (unpaired) electrons. The molecule has 0 saturated carbocycles. The maximum atomic E-state index is 12.4. The number of aryl methyl sites for hydroxylation is 1. The van der Waals surface area contributed by atoms with Crippen LogP contribution in [0, 0.1) is 6.92 Å². The van der Waals surface area contributed by atoms with Crippen LogP contribution in [0.3, 0.4) is 0 Å². The zero-order chi connectivity index (χ0) is 17.6. The highest BCUT2D eigenvalue weighted by Crippen LogP contribution is 2.24. The van der Waals surface area contributed by atoms with E-state index in [0.717, 1.165) is 15.9 Å². The lowest BCUT2D eigenvalue weighted by atomic mass is 10.3. The number of para-hydroxylation sites is 1. The lowest BCUT2D eigenvalue weighted by molar-refractivity contribution is 0.0945. The third-order valence-corrected chi connectivity index (χ3v) is 4.05. The number of carbonyl (C=O) groups is 1. The molecule has 0 fully saturated rings. The number of hydrogen-bond donors (Lipinski definition) is 2. The smallest absolute Gasteiger partial charge is 0.270 e. The molecule has 2 N–H and O–H groups in total. The van der Waals surface area contributed by atoms with Crippen molar-refractivity contribution < 1.29 is 4.79 Å². The Morgan fingerprint density at radius 2 is 1.92 bits per heavy atom. The average molecular weight is 398 g/mol. The van der Waals surface area contributed by atoms with Gasteiger partial charge in [-0.15, -0.1) is 0 Å². The number of pyridine rings is 1. The van der Waals surface area contributed by atoms with Gasteiger partial charge in [0.05, 0.1) is 17.9 Å². The van der Waals surface area contributed by atoms with E-state index in [1.54, 1.807) is 19.2 Å². The van der Waals surface area contributed by atoms with E-state index in [-0.39, 0.29) is 5.91 Å². The van der Waals surface area contributed by atoms with Gasteiger partial charge in [-0.3, -0.25) is 9.78 Å². The van der Waals surface area contributed by atoms with E-state index in [1.807, 2.05) is 42.5 Å². The molecule has 0 saturated heterocycles. The Labute approximate surface area is 153 Å². The van der Waals surface area contributed by atoms with Crippen molar-refractivity contribution in [2.45, 2.75) is 13.5 Å². The number of halogens is 1. The minimum absolute atomic E-state index is 0.272. The molecule has 25 heavy (non-hydrogen) atoms. The second kappa shape index (κ2) is 7.85. The van der Waals surface area contributed by atoms with Crippen LogP contribution in [0.1, 0.15) is 22.0 Å². The summed E-state index contributed by atoms with van der Waals surface area (Å²) >= 11 is 3.48. The number of hydrogen-bond acceptors (Lipinski definition) is 5. The molecule has 0 atom stereocenters. The van der Waals surface area contributed by atoms with Gasteiger partial charge in [0.15, 0.2) is 0 Å². The van der Waals surface area contributed by atoms with Crippen molar-refractivity contribution in [3.8, 4) is 0 Å². The minimum Gasteiger partial charge on any atom is -0.345 e. The maximum absolute atomic E-state index is 12.4. The predicted molar refractivity (Wildman–Crippen MR) is 99.6 cm³/mol. The highest BCUT2D eigenvalue weighted by molar-refractivity contribution is 9.10. The Morgan fingerprint density at radius 1 is 1.12 bits per heavy atom. The van der Waals surface area contributed by atoms with Crippen LogP contribution in [-0.4, -0.2) is 20.9 Å². The van der Waals surface area contributed by atoms with Crippen molar-refractivity contribution >= 4 is 33.3 Å². The molecule has 1 aromatic carbocycles. The molecule has 3 rings (SSSR count). The van der Waals surface area contributed by atoms with E-state index in [1.165, 1.54) is 0 Å². The molecule has 2 aromatic heterocycles. The van der Waals surface area contributed by atoms with Crippen LogP contribution in [0.4, 0.5) is 11.5 Å². The van der Waals surface area contributed by atoms with Gasteiger partial charge in [0.1, 0.15) is 17.3 Å². The molecule has 0 spiro atoms. The van der Waals surface area contributed by atoms with Crippen LogP contribution >= 0.6 is 15.9 Å². The van der Waals surface area contributed by atoms with E-state index in [2.05, 4.69) is 41.5 Å². The molecule has 0 aliphatic carbocycles. The number of benzene rings is 1. The second-order valence-electron chi connectivity index (χ2n) is 5.29. The number of nitrogens with one attached hydrogen (secondary N) is 2. The SMILES string of the molecule is Cc1nc(Nc2ccccc2Br)cc(C(=O)NCc2ccccn2)n1. The zero-order valence-electron chi connectivity index (χ0n) is 13.5. The van der Waals surface area contributed by atoms with E-state index >= 15 is 0 Å². The topological polar surface area (TPSA) is 79.8 Å². The molecule has 0 unspecified atom stereocenters. The lowest BCUT2D eigenvalue weighted by Crippen LogP contribution is -2.24.